The number of benzene rings is 1. The minimum absolute atomic E-state index is 0.145. The fourth-order valence-electron chi connectivity index (χ4n) is 3.99. The van der Waals surface area contributed by atoms with Gasteiger partial charge >= 0.3 is 5.97 Å². The number of nitrogens with one attached hydrogen (secondary N) is 1. The molecule has 1 unspecified atom stereocenters. The number of anilines is 1. The molecule has 3 rings (SSSR count). The Morgan fingerprint density at radius 1 is 1.38 bits per heavy atom. The molecule has 6 nitrogen and oxygen atoms in total. The molecule has 1 saturated heterocycles. The fourth-order valence-corrected chi connectivity index (χ4v) is 3.99. The van der Waals surface area contributed by atoms with Crippen molar-refractivity contribution in [3.05, 3.63) is 29.8 Å². The molecule has 1 aliphatic carbocycles. The lowest BCUT2D eigenvalue weighted by Gasteiger charge is -2.42. The fraction of sp³-hybridized carbons (Fsp3) is 0.650. The lowest BCUT2D eigenvalue weighted by Crippen LogP contribution is -2.53. The number of aliphatic carboxylic acids is 1. The number of carboxylic acids is 1. The minimum atomic E-state index is -0.739. The van der Waals surface area contributed by atoms with Gasteiger partial charge in [-0.2, -0.15) is 0 Å². The molecule has 2 fully saturated rings. The van der Waals surface area contributed by atoms with Crippen molar-refractivity contribution in [2.24, 2.45) is 0 Å². The van der Waals surface area contributed by atoms with Gasteiger partial charge in [0, 0.05) is 37.4 Å². The van der Waals surface area contributed by atoms with Crippen molar-refractivity contribution >= 4 is 11.7 Å². The predicted octanol–water partition coefficient (Wildman–Crippen LogP) is 1.94. The van der Waals surface area contributed by atoms with E-state index in [9.17, 15) is 4.79 Å². The van der Waals surface area contributed by atoms with Gasteiger partial charge in [-0.15, -0.1) is 0 Å². The van der Waals surface area contributed by atoms with Crippen LogP contribution in [0.1, 0.15) is 32.3 Å². The van der Waals surface area contributed by atoms with E-state index < -0.39 is 5.97 Å². The summed E-state index contributed by atoms with van der Waals surface area (Å²) in [4.78, 5) is 15.4. The molecule has 6 heteroatoms. The number of ether oxygens (including phenoxy) is 1. The summed E-state index contributed by atoms with van der Waals surface area (Å²) in [5, 5.41) is 12.7. The molecule has 0 aromatic heterocycles. The van der Waals surface area contributed by atoms with Crippen LogP contribution in [-0.2, 0) is 16.1 Å². The van der Waals surface area contributed by atoms with Crippen LogP contribution in [0.4, 0.5) is 5.69 Å². The van der Waals surface area contributed by atoms with Gasteiger partial charge in [-0.25, -0.2) is 0 Å². The number of hydrogen-bond acceptors (Lipinski definition) is 5. The average Bonchev–Trinajstić information content (AvgIpc) is 2.59. The van der Waals surface area contributed by atoms with E-state index in [1.807, 2.05) is 6.92 Å². The van der Waals surface area contributed by atoms with Gasteiger partial charge in [0.1, 0.15) is 0 Å². The summed E-state index contributed by atoms with van der Waals surface area (Å²) in [6.45, 7) is 8.60. The van der Waals surface area contributed by atoms with Crippen LogP contribution in [0.25, 0.3) is 0 Å². The van der Waals surface area contributed by atoms with Gasteiger partial charge in [-0.1, -0.05) is 25.1 Å². The van der Waals surface area contributed by atoms with E-state index in [0.717, 1.165) is 45.6 Å². The molecule has 0 bridgehead atoms. The summed E-state index contributed by atoms with van der Waals surface area (Å²) in [6.07, 6.45) is 2.32. The van der Waals surface area contributed by atoms with Crippen LogP contribution in [0, 0.1) is 0 Å². The zero-order valence-corrected chi connectivity index (χ0v) is 15.9. The summed E-state index contributed by atoms with van der Waals surface area (Å²) in [5.41, 5.74) is 2.62. The van der Waals surface area contributed by atoms with Crippen LogP contribution in [0.5, 0.6) is 0 Å². The van der Waals surface area contributed by atoms with Crippen LogP contribution in [-0.4, -0.2) is 66.9 Å². The summed E-state index contributed by atoms with van der Waals surface area (Å²) in [6, 6.07) is 9.46. The number of carbonyl (C=O) groups is 1. The van der Waals surface area contributed by atoms with Crippen molar-refractivity contribution in [2.75, 3.05) is 37.7 Å². The Kier molecular flexibility index (Phi) is 6.51. The molecule has 2 aliphatic rings. The maximum absolute atomic E-state index is 10.9. The lowest BCUT2D eigenvalue weighted by molar-refractivity contribution is -0.139. The molecule has 1 saturated carbocycles. The van der Waals surface area contributed by atoms with Crippen LogP contribution in [0.2, 0.25) is 0 Å². The first-order valence-corrected chi connectivity index (χ1v) is 9.70. The van der Waals surface area contributed by atoms with Gasteiger partial charge < -0.3 is 20.1 Å². The van der Waals surface area contributed by atoms with Crippen molar-refractivity contribution in [3.8, 4) is 0 Å². The zero-order valence-electron chi connectivity index (χ0n) is 15.9. The van der Waals surface area contributed by atoms with E-state index in [1.54, 1.807) is 0 Å². The number of likely N-dealkylation sites (N-methyl/N-ethyl adjacent to an activating group) is 1. The maximum atomic E-state index is 10.9. The van der Waals surface area contributed by atoms with Gasteiger partial charge in [0.2, 0.25) is 0 Å². The molecule has 144 valence electrons. The van der Waals surface area contributed by atoms with E-state index in [0.29, 0.717) is 12.1 Å². The highest BCUT2D eigenvalue weighted by Crippen LogP contribution is 2.27. The van der Waals surface area contributed by atoms with E-state index in [4.69, 9.17) is 9.84 Å². The van der Waals surface area contributed by atoms with Gasteiger partial charge in [-0.05, 0) is 37.9 Å². The van der Waals surface area contributed by atoms with Crippen LogP contribution in [0.15, 0.2) is 24.3 Å². The Bertz CT molecular complexity index is 604. The standard InChI is InChI=1S/C20H31N3O3/c1-3-22(14-20(24)25)18-10-17(11-18)21-12-16-6-4-5-7-19(16)23-8-9-26-15(2)13-23/h4-7,15,17-18,21H,3,8-14H2,1-2H3,(H,24,25). The first-order chi connectivity index (χ1) is 12.6. The smallest absolute Gasteiger partial charge is 0.317 e. The molecule has 1 aliphatic heterocycles. The average molecular weight is 361 g/mol. The molecular formula is C20H31N3O3. The third-order valence-corrected chi connectivity index (χ3v) is 5.53. The second-order valence-electron chi connectivity index (χ2n) is 7.42. The maximum Gasteiger partial charge on any atom is 0.317 e. The summed E-state index contributed by atoms with van der Waals surface area (Å²) < 4.78 is 5.66. The first kappa shape index (κ1) is 19.1. The molecule has 2 N–H and O–H groups in total. The first-order valence-electron chi connectivity index (χ1n) is 9.70. The third-order valence-electron chi connectivity index (χ3n) is 5.53. The van der Waals surface area contributed by atoms with Crippen molar-refractivity contribution in [1.82, 2.24) is 10.2 Å². The number of nitrogens with zero attached hydrogens (tertiary/aromatic N) is 2. The molecule has 1 atom stereocenters. The highest BCUT2D eigenvalue weighted by Gasteiger charge is 2.33. The SMILES string of the molecule is CCN(CC(=O)O)C1CC(NCc2ccccc2N2CCOC(C)C2)C1. The van der Waals surface area contributed by atoms with Gasteiger partial charge in [-0.3, -0.25) is 9.69 Å². The number of morpholine rings is 1. The third kappa shape index (κ3) is 4.75. The van der Waals surface area contributed by atoms with E-state index >= 15 is 0 Å². The molecule has 0 amide bonds. The second-order valence-corrected chi connectivity index (χ2v) is 7.42. The zero-order chi connectivity index (χ0) is 18.5. The van der Waals surface area contributed by atoms with Gasteiger partial charge in [0.15, 0.2) is 0 Å². The topological polar surface area (TPSA) is 65.0 Å². The van der Waals surface area contributed by atoms with Crippen molar-refractivity contribution in [3.63, 3.8) is 0 Å². The molecule has 1 heterocycles. The Morgan fingerprint density at radius 2 is 2.15 bits per heavy atom. The largest absolute Gasteiger partial charge is 0.480 e. The number of carboxylic acid groups (broad SMARTS) is 1. The number of para-hydroxylation sites is 1. The molecule has 0 radical (unpaired) electrons. The van der Waals surface area contributed by atoms with Crippen molar-refractivity contribution < 1.29 is 14.6 Å². The number of rotatable bonds is 8. The predicted molar refractivity (Wildman–Crippen MR) is 103 cm³/mol. The second kappa shape index (κ2) is 8.84. The van der Waals surface area contributed by atoms with E-state index in [2.05, 4.69) is 46.3 Å². The Hall–Kier alpha value is -1.63. The summed E-state index contributed by atoms with van der Waals surface area (Å²) in [5.74, 6) is -0.739. The van der Waals surface area contributed by atoms with Crippen molar-refractivity contribution in [1.29, 1.82) is 0 Å². The molecule has 1 aromatic rings. The normalized spacial score (nSPS) is 26.0. The Labute approximate surface area is 156 Å². The molecule has 26 heavy (non-hydrogen) atoms. The minimum Gasteiger partial charge on any atom is -0.480 e. The Morgan fingerprint density at radius 3 is 2.85 bits per heavy atom. The summed E-state index contributed by atoms with van der Waals surface area (Å²) in [7, 11) is 0. The van der Waals surface area contributed by atoms with Gasteiger partial charge in [0.05, 0.1) is 19.3 Å². The van der Waals surface area contributed by atoms with Crippen molar-refractivity contribution in [2.45, 2.75) is 51.4 Å². The molecule has 0 spiro atoms. The van der Waals surface area contributed by atoms with E-state index in [1.165, 1.54) is 11.3 Å². The van der Waals surface area contributed by atoms with E-state index in [-0.39, 0.29) is 12.6 Å². The van der Waals surface area contributed by atoms with Crippen LogP contribution in [0.3, 0.4) is 0 Å². The summed E-state index contributed by atoms with van der Waals surface area (Å²) >= 11 is 0. The lowest BCUT2D eigenvalue weighted by atomic mass is 9.85. The van der Waals surface area contributed by atoms with Gasteiger partial charge in [0.25, 0.3) is 0 Å². The monoisotopic (exact) mass is 361 g/mol. The number of hydrogen-bond donors (Lipinski definition) is 2. The van der Waals surface area contributed by atoms with Crippen LogP contribution >= 0.6 is 0 Å². The molecular weight excluding hydrogens is 330 g/mol. The molecule has 1 aromatic carbocycles. The Balaban J connectivity index is 1.51. The van der Waals surface area contributed by atoms with Crippen LogP contribution < -0.4 is 10.2 Å². The highest BCUT2D eigenvalue weighted by molar-refractivity contribution is 5.69. The highest BCUT2D eigenvalue weighted by atomic mass is 16.5. The quantitative estimate of drug-likeness (QED) is 0.738.